The first-order chi connectivity index (χ1) is 17.1. The summed E-state index contributed by atoms with van der Waals surface area (Å²) in [5.41, 5.74) is 10.3. The van der Waals surface area contributed by atoms with Gasteiger partial charge in [0.25, 0.3) is 0 Å². The number of hydrogen-bond acceptors (Lipinski definition) is 7. The molecule has 0 aromatic rings. The van der Waals surface area contributed by atoms with Crippen molar-refractivity contribution < 1.29 is 9.59 Å². The van der Waals surface area contributed by atoms with Crippen LogP contribution < -0.4 is 0 Å². The molecule has 2 atom stereocenters. The van der Waals surface area contributed by atoms with Crippen molar-refractivity contribution >= 4 is 11.6 Å². The summed E-state index contributed by atoms with van der Waals surface area (Å²) in [6.07, 6.45) is 12.9. The van der Waals surface area contributed by atoms with Gasteiger partial charge in [-0.05, 0) is 97.9 Å². The zero-order valence-corrected chi connectivity index (χ0v) is 22.2. The molecule has 1 rings (SSSR count). The lowest BCUT2D eigenvalue weighted by atomic mass is 9.80. The van der Waals surface area contributed by atoms with Gasteiger partial charge in [-0.15, -0.1) is 0 Å². The molecule has 2 unspecified atom stereocenters. The van der Waals surface area contributed by atoms with Crippen LogP contribution in [0.5, 0.6) is 0 Å². The number of Topliss-reactive ketones (excluding diaryl/α,β-unsaturated/α-hetero) is 2. The summed E-state index contributed by atoms with van der Waals surface area (Å²) >= 11 is 0. The largest absolute Gasteiger partial charge is 0.289 e. The molecule has 0 aliphatic heterocycles. The van der Waals surface area contributed by atoms with E-state index < -0.39 is 5.54 Å². The zero-order valence-electron chi connectivity index (χ0n) is 22.2. The Balaban J connectivity index is 2.54. The van der Waals surface area contributed by atoms with Crippen molar-refractivity contribution in [2.45, 2.75) is 104 Å². The molecule has 0 N–H and O–H groups in total. The smallest absolute Gasteiger partial charge is 0.185 e. The molecule has 0 radical (unpaired) electrons. The second-order valence-corrected chi connectivity index (χ2v) is 9.83. The SMILES string of the molecule is CC1=C(CCC(C)(CC/C=C/CC/C=C(\C)CCCC(C)N=O)N=O)C(=O)C(C)=C(CN=[N+]=[N-])C1=O. The molecular weight excluding hydrogens is 458 g/mol. The molecule has 0 fully saturated rings. The van der Waals surface area contributed by atoms with Crippen LogP contribution in [-0.4, -0.2) is 29.7 Å². The number of unbranched alkanes of at least 4 members (excludes halogenated alkanes) is 1. The van der Waals surface area contributed by atoms with Crippen molar-refractivity contribution in [3.63, 3.8) is 0 Å². The number of allylic oxidation sites excluding steroid dienone is 7. The molecule has 9 nitrogen and oxygen atoms in total. The highest BCUT2D eigenvalue weighted by Gasteiger charge is 2.32. The summed E-state index contributed by atoms with van der Waals surface area (Å²) in [4.78, 5) is 50.2. The van der Waals surface area contributed by atoms with E-state index >= 15 is 0 Å². The highest BCUT2D eigenvalue weighted by molar-refractivity contribution is 6.25. The van der Waals surface area contributed by atoms with E-state index in [1.807, 2.05) is 6.92 Å². The van der Waals surface area contributed by atoms with Gasteiger partial charge in [0.05, 0.1) is 12.6 Å². The maximum Gasteiger partial charge on any atom is 0.185 e. The average molecular weight is 498 g/mol. The van der Waals surface area contributed by atoms with E-state index in [9.17, 15) is 19.4 Å². The highest BCUT2D eigenvalue weighted by Crippen LogP contribution is 2.32. The van der Waals surface area contributed by atoms with Crippen molar-refractivity contribution in [1.82, 2.24) is 0 Å². The minimum atomic E-state index is -0.839. The van der Waals surface area contributed by atoms with Crippen molar-refractivity contribution in [2.75, 3.05) is 6.54 Å². The molecule has 196 valence electrons. The van der Waals surface area contributed by atoms with Crippen LogP contribution in [0.2, 0.25) is 0 Å². The lowest BCUT2D eigenvalue weighted by molar-refractivity contribution is -0.116. The van der Waals surface area contributed by atoms with Gasteiger partial charge in [0.2, 0.25) is 0 Å². The molecule has 0 heterocycles. The van der Waals surface area contributed by atoms with Gasteiger partial charge >= 0.3 is 0 Å². The highest BCUT2D eigenvalue weighted by atomic mass is 16.3. The molecule has 1 aliphatic rings. The van der Waals surface area contributed by atoms with Crippen LogP contribution in [-0.2, 0) is 9.59 Å². The maximum atomic E-state index is 12.8. The molecule has 36 heavy (non-hydrogen) atoms. The Kier molecular flexibility index (Phi) is 13.5. The quantitative estimate of drug-likeness (QED) is 0.0384. The molecule has 0 bridgehead atoms. The Morgan fingerprint density at radius 3 is 2.31 bits per heavy atom. The Morgan fingerprint density at radius 1 is 1.03 bits per heavy atom. The molecule has 0 spiro atoms. The minimum Gasteiger partial charge on any atom is -0.289 e. The number of nitrogens with zero attached hydrogens (tertiary/aromatic N) is 5. The molecule has 9 heteroatoms. The van der Waals surface area contributed by atoms with E-state index in [1.54, 1.807) is 20.8 Å². The number of carbonyl (C=O) groups excluding carboxylic acids is 2. The molecule has 0 saturated heterocycles. The molecule has 0 aromatic carbocycles. The topological polar surface area (TPSA) is 142 Å². The fourth-order valence-electron chi connectivity index (χ4n) is 4.16. The van der Waals surface area contributed by atoms with Crippen LogP contribution >= 0.6 is 0 Å². The number of azide groups is 1. The first-order valence-corrected chi connectivity index (χ1v) is 12.6. The number of carbonyl (C=O) groups is 2. The standard InChI is InChI=1S/C27H39N5O4/c1-19(13-11-14-20(2)30-35)12-9-7-6-8-10-16-27(5,31-36)17-15-23-21(3)26(34)24(18-29-32-28)22(4)25(23)33/h6,8,12,20H,7,9-11,13-18H2,1-5H3/b8-6+,19-12+. The van der Waals surface area contributed by atoms with Gasteiger partial charge in [0, 0.05) is 27.2 Å². The number of ketones is 2. The summed E-state index contributed by atoms with van der Waals surface area (Å²) < 4.78 is 0. The van der Waals surface area contributed by atoms with Crippen molar-refractivity contribution in [2.24, 2.45) is 15.5 Å². The van der Waals surface area contributed by atoms with Crippen LogP contribution in [0.25, 0.3) is 10.4 Å². The van der Waals surface area contributed by atoms with Crippen molar-refractivity contribution in [1.29, 1.82) is 0 Å². The third kappa shape index (κ3) is 9.82. The van der Waals surface area contributed by atoms with Crippen LogP contribution in [0, 0.1) is 9.81 Å². The maximum absolute atomic E-state index is 12.8. The van der Waals surface area contributed by atoms with Crippen molar-refractivity contribution in [3.05, 3.63) is 66.4 Å². The van der Waals surface area contributed by atoms with Gasteiger partial charge < -0.3 is 0 Å². The monoisotopic (exact) mass is 497 g/mol. The molecule has 0 aromatic heterocycles. The van der Waals surface area contributed by atoms with E-state index in [2.05, 4.69) is 45.5 Å². The van der Waals surface area contributed by atoms with Crippen LogP contribution in [0.1, 0.15) is 92.4 Å². The molecule has 0 amide bonds. The Morgan fingerprint density at radius 2 is 1.67 bits per heavy atom. The van der Waals surface area contributed by atoms with Crippen LogP contribution in [0.3, 0.4) is 0 Å². The predicted octanol–water partition coefficient (Wildman–Crippen LogP) is 7.77. The Bertz CT molecular complexity index is 1000. The van der Waals surface area contributed by atoms with E-state index in [4.69, 9.17) is 5.53 Å². The van der Waals surface area contributed by atoms with Crippen molar-refractivity contribution in [3.8, 4) is 0 Å². The normalized spacial score (nSPS) is 17.3. The summed E-state index contributed by atoms with van der Waals surface area (Å²) in [6, 6.07) is -0.122. The third-order valence-electron chi connectivity index (χ3n) is 6.78. The second kappa shape index (κ2) is 15.7. The fraction of sp³-hybridized carbons (Fsp3) is 0.630. The second-order valence-electron chi connectivity index (χ2n) is 9.83. The van der Waals surface area contributed by atoms with E-state index in [1.165, 1.54) is 5.57 Å². The molecule has 0 saturated carbocycles. The predicted molar refractivity (Wildman–Crippen MR) is 143 cm³/mol. The van der Waals surface area contributed by atoms with Gasteiger partial charge in [-0.3, -0.25) is 9.59 Å². The lowest BCUT2D eigenvalue weighted by Gasteiger charge is -2.24. The number of rotatable bonds is 17. The molecular formula is C27H39N5O4. The van der Waals surface area contributed by atoms with Gasteiger partial charge in [-0.1, -0.05) is 39.3 Å². The first-order valence-electron chi connectivity index (χ1n) is 12.6. The average Bonchev–Trinajstić information content (AvgIpc) is 2.86. The van der Waals surface area contributed by atoms with E-state index in [0.717, 1.165) is 32.1 Å². The van der Waals surface area contributed by atoms with Gasteiger partial charge in [0.15, 0.2) is 11.6 Å². The van der Waals surface area contributed by atoms with Crippen LogP contribution in [0.15, 0.2) is 61.6 Å². The summed E-state index contributed by atoms with van der Waals surface area (Å²) in [7, 11) is 0. The van der Waals surface area contributed by atoms with Gasteiger partial charge in [0.1, 0.15) is 5.54 Å². The van der Waals surface area contributed by atoms with Gasteiger partial charge in [-0.2, -0.15) is 9.81 Å². The van der Waals surface area contributed by atoms with Gasteiger partial charge in [-0.25, -0.2) is 0 Å². The molecule has 1 aliphatic carbocycles. The van der Waals surface area contributed by atoms with E-state index in [0.29, 0.717) is 42.4 Å². The number of nitroso groups, excluding NO2 is 2. The fourth-order valence-corrected chi connectivity index (χ4v) is 4.16. The minimum absolute atomic E-state index is 0.122. The zero-order chi connectivity index (χ0) is 27.1. The summed E-state index contributed by atoms with van der Waals surface area (Å²) in [5.74, 6) is -0.517. The third-order valence-corrected chi connectivity index (χ3v) is 6.78. The Hall–Kier alpha value is -3.19. The number of hydrogen-bond donors (Lipinski definition) is 0. The lowest BCUT2D eigenvalue weighted by Crippen LogP contribution is -2.26. The summed E-state index contributed by atoms with van der Waals surface area (Å²) in [5, 5.41) is 9.79. The Labute approximate surface area is 213 Å². The summed E-state index contributed by atoms with van der Waals surface area (Å²) in [6.45, 7) is 8.74. The first kappa shape index (κ1) is 30.8. The van der Waals surface area contributed by atoms with Crippen LogP contribution in [0.4, 0.5) is 0 Å². The van der Waals surface area contributed by atoms with E-state index in [-0.39, 0.29) is 29.7 Å².